The van der Waals surface area contributed by atoms with Gasteiger partial charge in [-0.15, -0.1) is 0 Å². The van der Waals surface area contributed by atoms with Crippen LogP contribution in [0.3, 0.4) is 0 Å². The van der Waals surface area contributed by atoms with E-state index in [1.165, 1.54) is 13.0 Å². The SMILES string of the molecule is C[C@H](C#N)OC(=O)c1cc2ccccc2oc1=O. The van der Waals surface area contributed by atoms with E-state index in [-0.39, 0.29) is 5.56 Å². The fraction of sp³-hybridized carbons (Fsp3) is 0.154. The van der Waals surface area contributed by atoms with Crippen molar-refractivity contribution >= 4 is 16.9 Å². The van der Waals surface area contributed by atoms with Crippen molar-refractivity contribution in [3.05, 3.63) is 46.3 Å². The fourth-order valence-electron chi connectivity index (χ4n) is 1.45. The minimum Gasteiger partial charge on any atom is -0.443 e. The topological polar surface area (TPSA) is 80.3 Å². The van der Waals surface area contributed by atoms with Crippen LogP contribution in [0.25, 0.3) is 11.0 Å². The Bertz CT molecular complexity index is 696. The van der Waals surface area contributed by atoms with Crippen LogP contribution in [0.5, 0.6) is 0 Å². The van der Waals surface area contributed by atoms with Crippen LogP contribution in [-0.2, 0) is 4.74 Å². The summed E-state index contributed by atoms with van der Waals surface area (Å²) in [6, 6.07) is 9.97. The highest BCUT2D eigenvalue weighted by Gasteiger charge is 2.17. The van der Waals surface area contributed by atoms with Crippen LogP contribution in [0.2, 0.25) is 0 Å². The van der Waals surface area contributed by atoms with Gasteiger partial charge in [0.05, 0.1) is 0 Å². The van der Waals surface area contributed by atoms with E-state index in [1.54, 1.807) is 30.3 Å². The van der Waals surface area contributed by atoms with Crippen molar-refractivity contribution in [2.45, 2.75) is 13.0 Å². The van der Waals surface area contributed by atoms with Gasteiger partial charge in [0.25, 0.3) is 0 Å². The van der Waals surface area contributed by atoms with Gasteiger partial charge in [0.2, 0.25) is 0 Å². The van der Waals surface area contributed by atoms with Gasteiger partial charge in [0.1, 0.15) is 17.2 Å². The molecule has 0 amide bonds. The lowest BCUT2D eigenvalue weighted by molar-refractivity contribution is 0.0431. The molecule has 0 N–H and O–H groups in total. The monoisotopic (exact) mass is 243 g/mol. The van der Waals surface area contributed by atoms with Crippen LogP contribution in [-0.4, -0.2) is 12.1 Å². The second-order valence-electron chi connectivity index (χ2n) is 3.66. The number of benzene rings is 1. The molecule has 90 valence electrons. The second-order valence-corrected chi connectivity index (χ2v) is 3.66. The van der Waals surface area contributed by atoms with E-state index in [2.05, 4.69) is 0 Å². The first-order valence-electron chi connectivity index (χ1n) is 5.25. The lowest BCUT2D eigenvalue weighted by Crippen LogP contribution is -2.20. The number of nitriles is 1. The Morgan fingerprint density at radius 3 is 2.89 bits per heavy atom. The Morgan fingerprint density at radius 2 is 2.17 bits per heavy atom. The molecule has 1 heterocycles. The number of fused-ring (bicyclic) bond motifs is 1. The summed E-state index contributed by atoms with van der Waals surface area (Å²) < 4.78 is 9.75. The van der Waals surface area contributed by atoms with E-state index in [9.17, 15) is 9.59 Å². The van der Waals surface area contributed by atoms with Crippen LogP contribution in [0.4, 0.5) is 0 Å². The maximum atomic E-state index is 11.6. The van der Waals surface area contributed by atoms with E-state index >= 15 is 0 Å². The summed E-state index contributed by atoms with van der Waals surface area (Å²) >= 11 is 0. The van der Waals surface area contributed by atoms with Crippen LogP contribution >= 0.6 is 0 Å². The molecular formula is C13H9NO4. The van der Waals surface area contributed by atoms with Crippen LogP contribution < -0.4 is 5.63 Å². The molecule has 0 radical (unpaired) electrons. The number of carbonyl (C=O) groups excluding carboxylic acids is 1. The smallest absolute Gasteiger partial charge is 0.351 e. The summed E-state index contributed by atoms with van der Waals surface area (Å²) in [5.41, 5.74) is -0.591. The zero-order chi connectivity index (χ0) is 13.1. The molecule has 1 atom stereocenters. The summed E-state index contributed by atoms with van der Waals surface area (Å²) in [5, 5.41) is 9.16. The van der Waals surface area contributed by atoms with E-state index in [0.717, 1.165) is 0 Å². The molecule has 5 heteroatoms. The maximum Gasteiger partial charge on any atom is 0.351 e. The summed E-state index contributed by atoms with van der Waals surface area (Å²) in [6.07, 6.45) is -0.914. The normalized spacial score (nSPS) is 11.8. The van der Waals surface area contributed by atoms with Crippen molar-refractivity contribution in [1.29, 1.82) is 5.26 Å². The van der Waals surface area contributed by atoms with E-state index < -0.39 is 17.7 Å². The third-order valence-corrected chi connectivity index (χ3v) is 2.33. The van der Waals surface area contributed by atoms with Gasteiger partial charge in [-0.3, -0.25) is 0 Å². The largest absolute Gasteiger partial charge is 0.443 e. The van der Waals surface area contributed by atoms with Gasteiger partial charge in [-0.05, 0) is 19.1 Å². The second kappa shape index (κ2) is 4.72. The minimum atomic E-state index is -0.914. The van der Waals surface area contributed by atoms with Crippen molar-refractivity contribution in [3.63, 3.8) is 0 Å². The van der Waals surface area contributed by atoms with E-state index in [0.29, 0.717) is 11.0 Å². The number of hydrogen-bond donors (Lipinski definition) is 0. The summed E-state index contributed by atoms with van der Waals surface area (Å²) in [5.74, 6) is -0.858. The summed E-state index contributed by atoms with van der Waals surface area (Å²) in [6.45, 7) is 1.42. The van der Waals surface area contributed by atoms with Crippen molar-refractivity contribution in [2.75, 3.05) is 0 Å². The molecule has 0 fully saturated rings. The zero-order valence-electron chi connectivity index (χ0n) is 9.54. The molecule has 1 aromatic carbocycles. The molecule has 0 spiro atoms. The average Bonchev–Trinajstić information content (AvgIpc) is 2.37. The average molecular weight is 243 g/mol. The maximum absolute atomic E-state index is 11.6. The van der Waals surface area contributed by atoms with Gasteiger partial charge in [0, 0.05) is 5.39 Å². The Kier molecular flexibility index (Phi) is 3.11. The number of hydrogen-bond acceptors (Lipinski definition) is 5. The summed E-state index contributed by atoms with van der Waals surface area (Å²) in [7, 11) is 0. The summed E-state index contributed by atoms with van der Waals surface area (Å²) in [4.78, 5) is 23.2. The molecule has 5 nitrogen and oxygen atoms in total. The molecule has 0 saturated heterocycles. The lowest BCUT2D eigenvalue weighted by atomic mass is 10.2. The van der Waals surface area contributed by atoms with Crippen molar-refractivity contribution in [2.24, 2.45) is 0 Å². The molecule has 0 bridgehead atoms. The number of carbonyl (C=O) groups is 1. The van der Waals surface area contributed by atoms with Gasteiger partial charge in [-0.25, -0.2) is 9.59 Å². The molecule has 0 saturated carbocycles. The number of nitrogens with zero attached hydrogens (tertiary/aromatic N) is 1. The molecule has 0 aliphatic carbocycles. The van der Waals surface area contributed by atoms with Gasteiger partial charge in [0.15, 0.2) is 6.10 Å². The fourth-order valence-corrected chi connectivity index (χ4v) is 1.45. The molecule has 18 heavy (non-hydrogen) atoms. The highest BCUT2D eigenvalue weighted by Crippen LogP contribution is 2.13. The van der Waals surface area contributed by atoms with Crippen molar-refractivity contribution < 1.29 is 13.9 Å². The highest BCUT2D eigenvalue weighted by molar-refractivity contribution is 5.92. The first-order valence-corrected chi connectivity index (χ1v) is 5.25. The highest BCUT2D eigenvalue weighted by atomic mass is 16.5. The standard InChI is InChI=1S/C13H9NO4/c1-8(7-14)17-12(15)10-6-9-4-2-3-5-11(9)18-13(10)16/h2-6,8H,1H3/t8-/m1/s1. The van der Waals surface area contributed by atoms with Gasteiger partial charge >= 0.3 is 11.6 Å². The molecule has 2 rings (SSSR count). The molecule has 2 aromatic rings. The van der Waals surface area contributed by atoms with Crippen LogP contribution in [0.1, 0.15) is 17.3 Å². The van der Waals surface area contributed by atoms with Gasteiger partial charge in [-0.2, -0.15) is 5.26 Å². The number of para-hydroxylation sites is 1. The van der Waals surface area contributed by atoms with Gasteiger partial charge < -0.3 is 9.15 Å². The molecule has 0 unspecified atom stereocenters. The van der Waals surface area contributed by atoms with Crippen molar-refractivity contribution in [3.8, 4) is 6.07 Å². The number of ether oxygens (including phenoxy) is 1. The Labute approximate surface area is 102 Å². The predicted molar refractivity (Wildman–Crippen MR) is 63.0 cm³/mol. The van der Waals surface area contributed by atoms with Crippen LogP contribution in [0.15, 0.2) is 39.5 Å². The third-order valence-electron chi connectivity index (χ3n) is 2.33. The minimum absolute atomic E-state index is 0.212. The number of esters is 1. The Hall–Kier alpha value is -2.61. The molecule has 1 aromatic heterocycles. The number of rotatable bonds is 2. The van der Waals surface area contributed by atoms with Gasteiger partial charge in [-0.1, -0.05) is 18.2 Å². The van der Waals surface area contributed by atoms with E-state index in [1.807, 2.05) is 0 Å². The van der Waals surface area contributed by atoms with Crippen LogP contribution in [0, 0.1) is 11.3 Å². The van der Waals surface area contributed by atoms with E-state index in [4.69, 9.17) is 14.4 Å². The quantitative estimate of drug-likeness (QED) is 0.594. The Morgan fingerprint density at radius 1 is 1.44 bits per heavy atom. The molecule has 0 aliphatic rings. The zero-order valence-corrected chi connectivity index (χ0v) is 9.54. The third kappa shape index (κ3) is 2.23. The Balaban J connectivity index is 2.45. The first-order chi connectivity index (χ1) is 8.61. The van der Waals surface area contributed by atoms with Crippen molar-refractivity contribution in [1.82, 2.24) is 0 Å². The molecular weight excluding hydrogens is 234 g/mol. The first kappa shape index (κ1) is 11.9. The molecule has 0 aliphatic heterocycles. The predicted octanol–water partition coefficient (Wildman–Crippen LogP) is 1.86. The lowest BCUT2D eigenvalue weighted by Gasteiger charge is -2.05.